The van der Waals surface area contributed by atoms with E-state index in [0.717, 1.165) is 16.9 Å². The lowest BCUT2D eigenvalue weighted by Gasteiger charge is -2.05. The molecule has 0 aliphatic rings. The predicted molar refractivity (Wildman–Crippen MR) is 69.1 cm³/mol. The second-order valence-electron chi connectivity index (χ2n) is 3.82. The quantitative estimate of drug-likeness (QED) is 0.756. The molecule has 0 radical (unpaired) electrons. The first-order valence-electron chi connectivity index (χ1n) is 5.45. The maximum atomic E-state index is 4.69. The average Bonchev–Trinajstić information content (AvgIpc) is 2.68. The van der Waals surface area contributed by atoms with Crippen molar-refractivity contribution in [1.29, 1.82) is 0 Å². The highest BCUT2D eigenvalue weighted by atomic mass is 32.1. The molecule has 0 saturated carbocycles. The number of thiazole rings is 1. The molecule has 0 bridgehead atoms. The molecule has 84 valence electrons. The summed E-state index contributed by atoms with van der Waals surface area (Å²) < 4.78 is 2.04. The molecule has 0 fully saturated rings. The van der Waals surface area contributed by atoms with Crippen LogP contribution in [0.15, 0.2) is 34.8 Å². The molecule has 0 aliphatic carbocycles. The highest BCUT2D eigenvalue weighted by Crippen LogP contribution is 2.21. The van der Waals surface area contributed by atoms with Crippen LogP contribution < -0.4 is 4.80 Å². The van der Waals surface area contributed by atoms with Crippen molar-refractivity contribution in [3.63, 3.8) is 0 Å². The van der Waals surface area contributed by atoms with Gasteiger partial charge in [-0.15, -0.1) is 11.3 Å². The minimum absolute atomic E-state index is 1.04. The Morgan fingerprint density at radius 3 is 2.81 bits per heavy atom. The van der Waals surface area contributed by atoms with Crippen LogP contribution in [0, 0.1) is 6.92 Å². The monoisotopic (exact) mass is 232 g/mol. The molecule has 0 aliphatic heterocycles. The van der Waals surface area contributed by atoms with Crippen molar-refractivity contribution in [3.8, 4) is 0 Å². The van der Waals surface area contributed by atoms with E-state index in [0.29, 0.717) is 0 Å². The summed E-state index contributed by atoms with van der Waals surface area (Å²) in [4.78, 5) is 5.73. The van der Waals surface area contributed by atoms with E-state index in [1.807, 2.05) is 17.8 Å². The Hall–Kier alpha value is -1.35. The average molecular weight is 232 g/mol. The number of rotatable bonds is 2. The van der Waals surface area contributed by atoms with E-state index in [1.165, 1.54) is 11.1 Å². The number of benzene rings is 1. The van der Waals surface area contributed by atoms with Gasteiger partial charge < -0.3 is 4.57 Å². The summed E-state index contributed by atoms with van der Waals surface area (Å²) in [6.45, 7) is 4.32. The summed E-state index contributed by atoms with van der Waals surface area (Å²) in [7, 11) is 2.02. The van der Waals surface area contributed by atoms with Gasteiger partial charge in [0.2, 0.25) is 0 Å². The van der Waals surface area contributed by atoms with Gasteiger partial charge in [0.1, 0.15) is 0 Å². The minimum Gasteiger partial charge on any atom is -0.327 e. The van der Waals surface area contributed by atoms with Crippen molar-refractivity contribution in [2.75, 3.05) is 0 Å². The first-order valence-corrected chi connectivity index (χ1v) is 6.33. The SMILES string of the molecule is CCc1cccc(N=c2sccn2C)c1C. The fourth-order valence-corrected chi connectivity index (χ4v) is 2.46. The fraction of sp³-hybridized carbons (Fsp3) is 0.308. The molecule has 0 N–H and O–H groups in total. The van der Waals surface area contributed by atoms with E-state index < -0.39 is 0 Å². The van der Waals surface area contributed by atoms with E-state index >= 15 is 0 Å². The van der Waals surface area contributed by atoms with Gasteiger partial charge in [0.15, 0.2) is 4.80 Å². The predicted octanol–water partition coefficient (Wildman–Crippen LogP) is 3.19. The largest absolute Gasteiger partial charge is 0.327 e. The van der Waals surface area contributed by atoms with Crippen LogP contribution in [0.3, 0.4) is 0 Å². The molecule has 0 atom stereocenters. The Morgan fingerprint density at radius 2 is 2.19 bits per heavy atom. The van der Waals surface area contributed by atoms with Crippen LogP contribution in [0.25, 0.3) is 0 Å². The van der Waals surface area contributed by atoms with E-state index in [4.69, 9.17) is 4.99 Å². The highest BCUT2D eigenvalue weighted by Gasteiger charge is 2.01. The van der Waals surface area contributed by atoms with Crippen LogP contribution in [0.5, 0.6) is 0 Å². The smallest absolute Gasteiger partial charge is 0.189 e. The summed E-state index contributed by atoms with van der Waals surface area (Å²) in [5.74, 6) is 0. The molecule has 2 nitrogen and oxygen atoms in total. The van der Waals surface area contributed by atoms with E-state index in [2.05, 4.69) is 37.4 Å². The Bertz CT molecular complexity index is 549. The van der Waals surface area contributed by atoms with Crippen molar-refractivity contribution < 1.29 is 0 Å². The van der Waals surface area contributed by atoms with Crippen molar-refractivity contribution in [2.24, 2.45) is 12.0 Å². The number of hydrogen-bond acceptors (Lipinski definition) is 2. The molecule has 2 rings (SSSR count). The topological polar surface area (TPSA) is 17.3 Å². The Kier molecular flexibility index (Phi) is 3.25. The summed E-state index contributed by atoms with van der Waals surface area (Å²) in [6.07, 6.45) is 3.09. The lowest BCUT2D eigenvalue weighted by molar-refractivity contribution is 0.873. The van der Waals surface area contributed by atoms with E-state index in [9.17, 15) is 0 Å². The molecule has 1 heterocycles. The molecule has 16 heavy (non-hydrogen) atoms. The molecule has 3 heteroatoms. The van der Waals surface area contributed by atoms with Crippen molar-refractivity contribution in [1.82, 2.24) is 4.57 Å². The number of aromatic nitrogens is 1. The van der Waals surface area contributed by atoms with E-state index in [-0.39, 0.29) is 0 Å². The third kappa shape index (κ3) is 2.09. The standard InChI is InChI=1S/C13H16N2S/c1-4-11-6-5-7-12(10(11)2)14-13-15(3)8-9-16-13/h5-9H,4H2,1-3H3. The second-order valence-corrected chi connectivity index (χ2v) is 4.70. The molecular weight excluding hydrogens is 216 g/mol. The molecule has 0 amide bonds. The molecule has 1 aromatic heterocycles. The van der Waals surface area contributed by atoms with Crippen LogP contribution in [0.1, 0.15) is 18.1 Å². The highest BCUT2D eigenvalue weighted by molar-refractivity contribution is 7.07. The van der Waals surface area contributed by atoms with Gasteiger partial charge in [-0.1, -0.05) is 19.1 Å². The van der Waals surface area contributed by atoms with Gasteiger partial charge in [-0.25, -0.2) is 4.99 Å². The van der Waals surface area contributed by atoms with Crippen molar-refractivity contribution in [2.45, 2.75) is 20.3 Å². The summed E-state index contributed by atoms with van der Waals surface area (Å²) >= 11 is 1.66. The van der Waals surface area contributed by atoms with Gasteiger partial charge in [-0.05, 0) is 30.5 Å². The van der Waals surface area contributed by atoms with E-state index in [1.54, 1.807) is 11.3 Å². The zero-order chi connectivity index (χ0) is 11.5. The third-order valence-corrected chi connectivity index (χ3v) is 3.62. The molecule has 1 aromatic carbocycles. The van der Waals surface area contributed by atoms with Crippen molar-refractivity contribution in [3.05, 3.63) is 45.7 Å². The van der Waals surface area contributed by atoms with Gasteiger partial charge in [-0.3, -0.25) is 0 Å². The zero-order valence-electron chi connectivity index (χ0n) is 9.90. The van der Waals surface area contributed by atoms with Gasteiger partial charge in [0.05, 0.1) is 5.69 Å². The summed E-state index contributed by atoms with van der Waals surface area (Å²) in [5.41, 5.74) is 3.75. The van der Waals surface area contributed by atoms with Gasteiger partial charge in [0.25, 0.3) is 0 Å². The Morgan fingerprint density at radius 1 is 1.38 bits per heavy atom. The van der Waals surface area contributed by atoms with Crippen molar-refractivity contribution >= 4 is 17.0 Å². The first-order chi connectivity index (χ1) is 7.72. The Labute approximate surface area is 99.9 Å². The minimum atomic E-state index is 1.04. The van der Waals surface area contributed by atoms with Crippen LogP contribution in [-0.2, 0) is 13.5 Å². The van der Waals surface area contributed by atoms with Crippen LogP contribution in [0.4, 0.5) is 5.69 Å². The van der Waals surface area contributed by atoms with Gasteiger partial charge in [-0.2, -0.15) is 0 Å². The second kappa shape index (κ2) is 4.66. The number of hydrogen-bond donors (Lipinski definition) is 0. The normalized spacial score (nSPS) is 12.1. The van der Waals surface area contributed by atoms with Crippen LogP contribution in [0.2, 0.25) is 0 Å². The first kappa shape index (κ1) is 11.1. The van der Waals surface area contributed by atoms with Crippen LogP contribution in [-0.4, -0.2) is 4.57 Å². The summed E-state index contributed by atoms with van der Waals surface area (Å²) in [5, 5.41) is 2.05. The van der Waals surface area contributed by atoms with Crippen LogP contribution >= 0.6 is 11.3 Å². The fourth-order valence-electron chi connectivity index (χ4n) is 1.71. The number of aryl methyl sites for hydroxylation is 2. The van der Waals surface area contributed by atoms with Gasteiger partial charge in [0, 0.05) is 18.6 Å². The lowest BCUT2D eigenvalue weighted by Crippen LogP contribution is -2.08. The maximum Gasteiger partial charge on any atom is 0.189 e. The summed E-state index contributed by atoms with van der Waals surface area (Å²) in [6, 6.07) is 6.33. The number of nitrogens with zero attached hydrogens (tertiary/aromatic N) is 2. The Balaban J connectivity index is 2.55. The third-order valence-electron chi connectivity index (χ3n) is 2.77. The van der Waals surface area contributed by atoms with Gasteiger partial charge >= 0.3 is 0 Å². The lowest BCUT2D eigenvalue weighted by atomic mass is 10.1. The molecule has 0 saturated heterocycles. The molecule has 0 unspecified atom stereocenters. The molecular formula is C13H16N2S. The molecule has 0 spiro atoms. The zero-order valence-corrected chi connectivity index (χ0v) is 10.7. The maximum absolute atomic E-state index is 4.69. The molecule has 2 aromatic rings.